The third-order valence-corrected chi connectivity index (χ3v) is 3.98. The molecule has 1 saturated carbocycles. The molecule has 2 rings (SSSR count). The molecule has 0 aliphatic heterocycles. The van der Waals surface area contributed by atoms with E-state index in [1.807, 2.05) is 0 Å². The molecule has 1 atom stereocenters. The zero-order valence-electron chi connectivity index (χ0n) is 10.9. The Balaban J connectivity index is 2.04. The zero-order chi connectivity index (χ0) is 12.1. The van der Waals surface area contributed by atoms with Crippen molar-refractivity contribution in [2.75, 3.05) is 0 Å². The van der Waals surface area contributed by atoms with Gasteiger partial charge in [-0.05, 0) is 31.2 Å². The highest BCUT2D eigenvalue weighted by Gasteiger charge is 2.21. The van der Waals surface area contributed by atoms with Crippen LogP contribution in [0, 0.1) is 12.8 Å². The summed E-state index contributed by atoms with van der Waals surface area (Å²) in [4.78, 5) is 0. The number of benzene rings is 1. The first-order chi connectivity index (χ1) is 8.27. The Kier molecular flexibility index (Phi) is 4.61. The third kappa shape index (κ3) is 3.57. The molecule has 1 aliphatic rings. The summed E-state index contributed by atoms with van der Waals surface area (Å²) in [6, 6.07) is 8.34. The minimum absolute atomic E-state index is 0.256. The summed E-state index contributed by atoms with van der Waals surface area (Å²) in [7, 11) is 0. The second kappa shape index (κ2) is 6.20. The Morgan fingerprint density at radius 2 is 1.71 bits per heavy atom. The standard InChI is InChI=1S/C16H24O/c1-13-8-7-11-15(12-13)16(17)14-9-5-3-2-4-6-10-14/h7-8,11-12,14,16-17H,2-6,9-10H2,1H3. The van der Waals surface area contributed by atoms with Crippen LogP contribution in [0.1, 0.15) is 62.2 Å². The van der Waals surface area contributed by atoms with Crippen LogP contribution in [-0.2, 0) is 0 Å². The van der Waals surface area contributed by atoms with Gasteiger partial charge in [0.2, 0.25) is 0 Å². The summed E-state index contributed by atoms with van der Waals surface area (Å²) in [6.45, 7) is 2.09. The van der Waals surface area contributed by atoms with Crippen LogP contribution in [0.4, 0.5) is 0 Å². The molecule has 0 aromatic heterocycles. The van der Waals surface area contributed by atoms with Crippen LogP contribution in [0.3, 0.4) is 0 Å². The quantitative estimate of drug-likeness (QED) is 0.801. The minimum Gasteiger partial charge on any atom is -0.388 e. The molecular formula is C16H24O. The highest BCUT2D eigenvalue weighted by molar-refractivity contribution is 5.24. The van der Waals surface area contributed by atoms with E-state index in [-0.39, 0.29) is 6.10 Å². The second-order valence-corrected chi connectivity index (χ2v) is 5.46. The van der Waals surface area contributed by atoms with E-state index in [4.69, 9.17) is 0 Å². The van der Waals surface area contributed by atoms with E-state index in [0.29, 0.717) is 5.92 Å². The Morgan fingerprint density at radius 1 is 1.06 bits per heavy atom. The number of hydrogen-bond donors (Lipinski definition) is 1. The lowest BCUT2D eigenvalue weighted by atomic mass is 9.84. The van der Waals surface area contributed by atoms with E-state index < -0.39 is 0 Å². The van der Waals surface area contributed by atoms with Gasteiger partial charge in [0.15, 0.2) is 0 Å². The van der Waals surface area contributed by atoms with Gasteiger partial charge in [-0.25, -0.2) is 0 Å². The highest BCUT2D eigenvalue weighted by atomic mass is 16.3. The molecule has 0 amide bonds. The molecule has 17 heavy (non-hydrogen) atoms. The zero-order valence-corrected chi connectivity index (χ0v) is 10.9. The van der Waals surface area contributed by atoms with Crippen molar-refractivity contribution in [3.8, 4) is 0 Å². The van der Waals surface area contributed by atoms with Crippen LogP contribution in [0.25, 0.3) is 0 Å². The minimum atomic E-state index is -0.256. The molecule has 1 aromatic rings. The lowest BCUT2D eigenvalue weighted by Crippen LogP contribution is -2.14. The number of aliphatic hydroxyl groups is 1. The fourth-order valence-electron chi connectivity index (χ4n) is 2.93. The molecule has 0 heterocycles. The summed E-state index contributed by atoms with van der Waals surface area (Å²) in [5, 5.41) is 10.5. The summed E-state index contributed by atoms with van der Waals surface area (Å²) in [5.74, 6) is 0.470. The lowest BCUT2D eigenvalue weighted by molar-refractivity contribution is 0.0912. The Hall–Kier alpha value is -0.820. The molecule has 0 spiro atoms. The van der Waals surface area contributed by atoms with E-state index >= 15 is 0 Å². The first-order valence-corrected chi connectivity index (χ1v) is 7.02. The van der Waals surface area contributed by atoms with Gasteiger partial charge in [-0.2, -0.15) is 0 Å². The third-order valence-electron chi connectivity index (χ3n) is 3.98. The van der Waals surface area contributed by atoms with Gasteiger partial charge in [0.05, 0.1) is 6.10 Å². The predicted molar refractivity (Wildman–Crippen MR) is 71.9 cm³/mol. The maximum Gasteiger partial charge on any atom is 0.0818 e. The van der Waals surface area contributed by atoms with Gasteiger partial charge in [0.1, 0.15) is 0 Å². The number of aryl methyl sites for hydroxylation is 1. The Bertz CT molecular complexity index is 337. The number of rotatable bonds is 2. The molecule has 0 bridgehead atoms. The highest BCUT2D eigenvalue weighted by Crippen LogP contribution is 2.32. The van der Waals surface area contributed by atoms with Crippen molar-refractivity contribution < 1.29 is 5.11 Å². The van der Waals surface area contributed by atoms with E-state index in [1.165, 1.54) is 50.5 Å². The molecule has 1 nitrogen and oxygen atoms in total. The van der Waals surface area contributed by atoms with Crippen molar-refractivity contribution in [3.63, 3.8) is 0 Å². The monoisotopic (exact) mass is 232 g/mol. The van der Waals surface area contributed by atoms with Gasteiger partial charge >= 0.3 is 0 Å². The normalized spacial score (nSPS) is 20.6. The summed E-state index contributed by atoms with van der Waals surface area (Å²) >= 11 is 0. The van der Waals surface area contributed by atoms with Gasteiger partial charge in [-0.1, -0.05) is 61.9 Å². The molecule has 1 heteroatoms. The van der Waals surface area contributed by atoms with Gasteiger partial charge in [0, 0.05) is 0 Å². The molecule has 94 valence electrons. The van der Waals surface area contributed by atoms with Gasteiger partial charge in [0.25, 0.3) is 0 Å². The largest absolute Gasteiger partial charge is 0.388 e. The van der Waals surface area contributed by atoms with E-state index in [2.05, 4.69) is 31.2 Å². The number of aliphatic hydroxyl groups excluding tert-OH is 1. The molecule has 0 radical (unpaired) electrons. The van der Waals surface area contributed by atoms with E-state index in [0.717, 1.165) is 5.56 Å². The molecule has 1 aliphatic carbocycles. The Morgan fingerprint density at radius 3 is 2.35 bits per heavy atom. The first kappa shape index (κ1) is 12.6. The lowest BCUT2D eigenvalue weighted by Gasteiger charge is -2.25. The molecular weight excluding hydrogens is 208 g/mol. The predicted octanol–water partition coefficient (Wildman–Crippen LogP) is 4.39. The van der Waals surface area contributed by atoms with Crippen LogP contribution >= 0.6 is 0 Å². The van der Waals surface area contributed by atoms with Crippen LogP contribution in [0.2, 0.25) is 0 Å². The summed E-state index contributed by atoms with van der Waals surface area (Å²) in [6.07, 6.45) is 8.76. The van der Waals surface area contributed by atoms with Crippen LogP contribution in [-0.4, -0.2) is 5.11 Å². The molecule has 1 unspecified atom stereocenters. The molecule has 1 N–H and O–H groups in total. The second-order valence-electron chi connectivity index (χ2n) is 5.46. The molecule has 1 aromatic carbocycles. The van der Waals surface area contributed by atoms with Crippen molar-refractivity contribution in [1.82, 2.24) is 0 Å². The Labute approximate surface area is 105 Å². The van der Waals surface area contributed by atoms with Crippen molar-refractivity contribution in [3.05, 3.63) is 35.4 Å². The van der Waals surface area contributed by atoms with Gasteiger partial charge in [-0.3, -0.25) is 0 Å². The van der Waals surface area contributed by atoms with E-state index in [9.17, 15) is 5.11 Å². The average molecular weight is 232 g/mol. The fourth-order valence-corrected chi connectivity index (χ4v) is 2.93. The summed E-state index contributed by atoms with van der Waals surface area (Å²) < 4.78 is 0. The summed E-state index contributed by atoms with van der Waals surface area (Å²) in [5.41, 5.74) is 2.35. The van der Waals surface area contributed by atoms with Gasteiger partial charge < -0.3 is 5.11 Å². The van der Waals surface area contributed by atoms with Crippen molar-refractivity contribution in [2.45, 2.75) is 58.0 Å². The number of hydrogen-bond acceptors (Lipinski definition) is 1. The van der Waals surface area contributed by atoms with E-state index in [1.54, 1.807) is 0 Å². The van der Waals surface area contributed by atoms with Crippen molar-refractivity contribution >= 4 is 0 Å². The first-order valence-electron chi connectivity index (χ1n) is 7.02. The van der Waals surface area contributed by atoms with Crippen LogP contribution in [0.5, 0.6) is 0 Å². The average Bonchev–Trinajstić information content (AvgIpc) is 2.28. The van der Waals surface area contributed by atoms with Crippen LogP contribution < -0.4 is 0 Å². The van der Waals surface area contributed by atoms with Gasteiger partial charge in [-0.15, -0.1) is 0 Å². The van der Waals surface area contributed by atoms with Crippen molar-refractivity contribution in [2.24, 2.45) is 5.92 Å². The maximum atomic E-state index is 10.5. The maximum absolute atomic E-state index is 10.5. The SMILES string of the molecule is Cc1cccc(C(O)C2CCCCCCC2)c1. The molecule has 1 fully saturated rings. The molecule has 0 saturated heterocycles. The fraction of sp³-hybridized carbons (Fsp3) is 0.625. The topological polar surface area (TPSA) is 20.2 Å². The van der Waals surface area contributed by atoms with Crippen molar-refractivity contribution in [1.29, 1.82) is 0 Å². The van der Waals surface area contributed by atoms with Crippen LogP contribution in [0.15, 0.2) is 24.3 Å². The smallest absolute Gasteiger partial charge is 0.0818 e.